The maximum absolute atomic E-state index is 12.0. The molecule has 6 heteroatoms. The molecule has 2 aromatic rings. The van der Waals surface area contributed by atoms with Gasteiger partial charge in [0.05, 0.1) is 5.69 Å². The van der Waals surface area contributed by atoms with Gasteiger partial charge in [-0.15, -0.1) is 12.4 Å². The SMILES string of the molecule is Cl.O=C(NCCc1cn2ccccc2n1)C1CCNCC1. The Labute approximate surface area is 130 Å². The lowest BCUT2D eigenvalue weighted by Gasteiger charge is -2.21. The summed E-state index contributed by atoms with van der Waals surface area (Å²) in [7, 11) is 0. The normalized spacial score (nSPS) is 15.6. The predicted octanol–water partition coefficient (Wildman–Crippen LogP) is 1.41. The van der Waals surface area contributed by atoms with Crippen LogP contribution in [0.3, 0.4) is 0 Å². The molecule has 1 aliphatic heterocycles. The molecule has 114 valence electrons. The molecule has 0 bridgehead atoms. The van der Waals surface area contributed by atoms with E-state index in [1.165, 1.54) is 0 Å². The van der Waals surface area contributed by atoms with Gasteiger partial charge in [-0.1, -0.05) is 6.07 Å². The Hall–Kier alpha value is -1.59. The molecule has 0 saturated carbocycles. The molecular weight excluding hydrogens is 288 g/mol. The Morgan fingerprint density at radius 2 is 2.19 bits per heavy atom. The van der Waals surface area contributed by atoms with Crippen LogP contribution in [0, 0.1) is 5.92 Å². The van der Waals surface area contributed by atoms with Gasteiger partial charge in [0, 0.05) is 31.3 Å². The van der Waals surface area contributed by atoms with Crippen molar-refractivity contribution in [1.82, 2.24) is 20.0 Å². The lowest BCUT2D eigenvalue weighted by molar-refractivity contribution is -0.125. The van der Waals surface area contributed by atoms with Crippen molar-refractivity contribution in [2.45, 2.75) is 19.3 Å². The first-order chi connectivity index (χ1) is 9.83. The van der Waals surface area contributed by atoms with Crippen LogP contribution in [0.25, 0.3) is 5.65 Å². The highest BCUT2D eigenvalue weighted by molar-refractivity contribution is 5.85. The lowest BCUT2D eigenvalue weighted by atomic mass is 9.97. The van der Waals surface area contributed by atoms with Crippen LogP contribution >= 0.6 is 12.4 Å². The summed E-state index contributed by atoms with van der Waals surface area (Å²) in [5.41, 5.74) is 1.97. The molecular formula is C15H21ClN4O. The van der Waals surface area contributed by atoms with Crippen molar-refractivity contribution in [3.05, 3.63) is 36.3 Å². The maximum atomic E-state index is 12.0. The largest absolute Gasteiger partial charge is 0.355 e. The van der Waals surface area contributed by atoms with E-state index in [2.05, 4.69) is 15.6 Å². The Bertz CT molecular complexity index is 559. The fraction of sp³-hybridized carbons (Fsp3) is 0.467. The third kappa shape index (κ3) is 3.95. The molecule has 5 nitrogen and oxygen atoms in total. The summed E-state index contributed by atoms with van der Waals surface area (Å²) in [4.78, 5) is 16.5. The van der Waals surface area contributed by atoms with E-state index < -0.39 is 0 Å². The highest BCUT2D eigenvalue weighted by atomic mass is 35.5. The summed E-state index contributed by atoms with van der Waals surface area (Å²) in [5.74, 6) is 0.368. The number of aromatic nitrogens is 2. The van der Waals surface area contributed by atoms with E-state index in [9.17, 15) is 4.79 Å². The minimum atomic E-state index is 0. The van der Waals surface area contributed by atoms with Gasteiger partial charge in [-0.2, -0.15) is 0 Å². The second-order valence-electron chi connectivity index (χ2n) is 5.26. The number of fused-ring (bicyclic) bond motifs is 1. The number of carbonyl (C=O) groups excluding carboxylic acids is 1. The van der Waals surface area contributed by atoms with Gasteiger partial charge in [-0.25, -0.2) is 4.98 Å². The van der Waals surface area contributed by atoms with Crippen LogP contribution < -0.4 is 10.6 Å². The Morgan fingerprint density at radius 3 is 2.95 bits per heavy atom. The third-order valence-electron chi connectivity index (χ3n) is 3.80. The summed E-state index contributed by atoms with van der Waals surface area (Å²) < 4.78 is 2.00. The van der Waals surface area contributed by atoms with Crippen molar-refractivity contribution in [2.75, 3.05) is 19.6 Å². The zero-order chi connectivity index (χ0) is 13.8. The van der Waals surface area contributed by atoms with Gasteiger partial charge in [0.2, 0.25) is 5.91 Å². The van der Waals surface area contributed by atoms with Crippen molar-refractivity contribution in [3.63, 3.8) is 0 Å². The first kappa shape index (κ1) is 15.8. The average Bonchev–Trinajstić information content (AvgIpc) is 2.90. The molecule has 1 fully saturated rings. The van der Waals surface area contributed by atoms with Crippen molar-refractivity contribution < 1.29 is 4.79 Å². The van der Waals surface area contributed by atoms with Crippen LogP contribution in [-0.4, -0.2) is 34.9 Å². The summed E-state index contributed by atoms with van der Waals surface area (Å²) in [6.07, 6.45) is 6.67. The number of piperidine rings is 1. The molecule has 1 aliphatic rings. The number of rotatable bonds is 4. The number of amides is 1. The van der Waals surface area contributed by atoms with Crippen LogP contribution in [0.4, 0.5) is 0 Å². The molecule has 2 aromatic heterocycles. The van der Waals surface area contributed by atoms with E-state index in [4.69, 9.17) is 0 Å². The molecule has 0 spiro atoms. The van der Waals surface area contributed by atoms with E-state index in [0.717, 1.165) is 43.7 Å². The summed E-state index contributed by atoms with van der Waals surface area (Å²) >= 11 is 0. The topological polar surface area (TPSA) is 58.4 Å². The van der Waals surface area contributed by atoms with Crippen LogP contribution in [0.1, 0.15) is 18.5 Å². The van der Waals surface area contributed by atoms with Crippen molar-refractivity contribution >= 4 is 24.0 Å². The number of pyridine rings is 1. The number of imidazole rings is 1. The monoisotopic (exact) mass is 308 g/mol. The minimum Gasteiger partial charge on any atom is -0.355 e. The molecule has 3 rings (SSSR count). The lowest BCUT2D eigenvalue weighted by Crippen LogP contribution is -2.38. The number of hydrogen-bond acceptors (Lipinski definition) is 3. The number of carbonyl (C=O) groups is 1. The fourth-order valence-corrected chi connectivity index (χ4v) is 2.65. The van der Waals surface area contributed by atoms with Gasteiger partial charge in [0.25, 0.3) is 0 Å². The predicted molar refractivity (Wildman–Crippen MR) is 84.7 cm³/mol. The fourth-order valence-electron chi connectivity index (χ4n) is 2.65. The average molecular weight is 309 g/mol. The van der Waals surface area contributed by atoms with Crippen molar-refractivity contribution in [1.29, 1.82) is 0 Å². The zero-order valence-corrected chi connectivity index (χ0v) is 12.7. The van der Waals surface area contributed by atoms with Crippen molar-refractivity contribution in [2.24, 2.45) is 5.92 Å². The number of halogens is 1. The van der Waals surface area contributed by atoms with Crippen LogP contribution in [0.5, 0.6) is 0 Å². The molecule has 2 N–H and O–H groups in total. The smallest absolute Gasteiger partial charge is 0.223 e. The summed E-state index contributed by atoms with van der Waals surface area (Å²) in [6, 6.07) is 5.94. The summed E-state index contributed by atoms with van der Waals surface area (Å²) in [6.45, 7) is 2.56. The third-order valence-corrected chi connectivity index (χ3v) is 3.80. The zero-order valence-electron chi connectivity index (χ0n) is 11.9. The van der Waals surface area contributed by atoms with E-state index >= 15 is 0 Å². The standard InChI is InChI=1S/C15H20N4O.ClH/c20-15(12-4-7-16-8-5-12)17-9-6-13-11-19-10-2-1-3-14(19)18-13;/h1-3,10-12,16H,4-9H2,(H,17,20);1H. The molecule has 0 aliphatic carbocycles. The van der Waals surface area contributed by atoms with Crippen molar-refractivity contribution in [3.8, 4) is 0 Å². The van der Waals surface area contributed by atoms with E-state index in [0.29, 0.717) is 6.54 Å². The second kappa shape index (κ2) is 7.43. The molecule has 0 unspecified atom stereocenters. The highest BCUT2D eigenvalue weighted by Crippen LogP contribution is 2.11. The molecule has 3 heterocycles. The molecule has 1 amide bonds. The van der Waals surface area contributed by atoms with Gasteiger partial charge in [0.15, 0.2) is 0 Å². The van der Waals surface area contributed by atoms with Crippen LogP contribution in [-0.2, 0) is 11.2 Å². The number of nitrogens with one attached hydrogen (secondary N) is 2. The first-order valence-electron chi connectivity index (χ1n) is 7.24. The molecule has 0 atom stereocenters. The van der Waals surface area contributed by atoms with Gasteiger partial charge in [-0.3, -0.25) is 4.79 Å². The molecule has 0 aromatic carbocycles. The molecule has 1 saturated heterocycles. The van der Waals surface area contributed by atoms with E-state index in [1.54, 1.807) is 0 Å². The first-order valence-corrected chi connectivity index (χ1v) is 7.24. The number of nitrogens with zero attached hydrogens (tertiary/aromatic N) is 2. The Kier molecular flexibility index (Phi) is 5.59. The minimum absolute atomic E-state index is 0. The molecule has 0 radical (unpaired) electrons. The van der Waals surface area contributed by atoms with Gasteiger partial charge >= 0.3 is 0 Å². The highest BCUT2D eigenvalue weighted by Gasteiger charge is 2.20. The Balaban J connectivity index is 0.00000161. The van der Waals surface area contributed by atoms with E-state index in [1.807, 2.05) is 35.0 Å². The maximum Gasteiger partial charge on any atom is 0.223 e. The summed E-state index contributed by atoms with van der Waals surface area (Å²) in [5, 5.41) is 6.30. The van der Waals surface area contributed by atoms with Gasteiger partial charge < -0.3 is 15.0 Å². The molecule has 21 heavy (non-hydrogen) atoms. The van der Waals surface area contributed by atoms with Gasteiger partial charge in [0.1, 0.15) is 5.65 Å². The van der Waals surface area contributed by atoms with Gasteiger partial charge in [-0.05, 0) is 38.1 Å². The Morgan fingerprint density at radius 1 is 1.38 bits per heavy atom. The second-order valence-corrected chi connectivity index (χ2v) is 5.26. The van der Waals surface area contributed by atoms with E-state index in [-0.39, 0.29) is 24.2 Å². The van der Waals surface area contributed by atoms with Crippen LogP contribution in [0.2, 0.25) is 0 Å². The quantitative estimate of drug-likeness (QED) is 0.898. The van der Waals surface area contributed by atoms with Crippen LogP contribution in [0.15, 0.2) is 30.6 Å². The number of hydrogen-bond donors (Lipinski definition) is 2.